The number of carbonyl (C=O) groups is 2. The molecule has 8 nitrogen and oxygen atoms in total. The van der Waals surface area contributed by atoms with Crippen LogP contribution in [0, 0.1) is 0 Å². The van der Waals surface area contributed by atoms with Gasteiger partial charge in [-0.3, -0.25) is 4.79 Å². The van der Waals surface area contributed by atoms with Gasteiger partial charge >= 0.3 is 6.09 Å². The molecule has 2 aliphatic rings. The Labute approximate surface area is 219 Å². The van der Waals surface area contributed by atoms with E-state index in [1.165, 1.54) is 30.2 Å². The number of aromatic hydroxyl groups is 1. The van der Waals surface area contributed by atoms with Crippen LogP contribution < -0.4 is 9.64 Å². The molecular formula is C28H36N2O6Si. The number of nitrogens with zero attached hydrogens (tertiary/aromatic N) is 2. The number of benzene rings is 2. The minimum Gasteiger partial charge on any atom is -0.504 e. The van der Waals surface area contributed by atoms with E-state index in [2.05, 4.69) is 40.4 Å². The monoisotopic (exact) mass is 524 g/mol. The van der Waals surface area contributed by atoms with Crippen molar-refractivity contribution in [2.75, 3.05) is 18.6 Å². The van der Waals surface area contributed by atoms with E-state index in [1.807, 2.05) is 24.3 Å². The second-order valence-corrected chi connectivity index (χ2v) is 15.8. The van der Waals surface area contributed by atoms with Crippen molar-refractivity contribution in [3.8, 4) is 11.5 Å². The smallest absolute Gasteiger partial charge is 0.416 e. The highest BCUT2D eigenvalue weighted by molar-refractivity contribution is 6.74. The number of phenols is 1. The normalized spacial score (nSPS) is 19.4. The fourth-order valence-electron chi connectivity index (χ4n) is 4.59. The molecule has 2 aliphatic heterocycles. The molecule has 0 aromatic heterocycles. The Morgan fingerprint density at radius 1 is 1.22 bits per heavy atom. The molecule has 2 amide bonds. The lowest BCUT2D eigenvalue weighted by Gasteiger charge is -2.47. The standard InChI is InChI=1S/C28H36N2O6Si/c1-8-13-35-27(33)30-21-16-23(31)24(34-5)15-20(21)25(32)29-17-19-12-10-9-11-18(19)14-22(29)26(30)36-37(6,7)28(2,3)4/h8-12,15-16,22,26,31H,1,13-14,17H2,2-7H3. The summed E-state index contributed by atoms with van der Waals surface area (Å²) in [6.07, 6.45) is 0.469. The first-order chi connectivity index (χ1) is 17.4. The van der Waals surface area contributed by atoms with Crippen LogP contribution >= 0.6 is 0 Å². The predicted molar refractivity (Wildman–Crippen MR) is 145 cm³/mol. The van der Waals surface area contributed by atoms with Crippen molar-refractivity contribution >= 4 is 26.0 Å². The van der Waals surface area contributed by atoms with Gasteiger partial charge in [-0.05, 0) is 41.7 Å². The average molecular weight is 525 g/mol. The molecule has 2 atom stereocenters. The number of carbonyl (C=O) groups excluding carboxylic acids is 2. The van der Waals surface area contributed by atoms with E-state index < -0.39 is 26.7 Å². The third kappa shape index (κ3) is 4.85. The number of phenolic OH excluding ortho intramolecular Hbond substituents is 1. The summed E-state index contributed by atoms with van der Waals surface area (Å²) < 4.78 is 17.8. The van der Waals surface area contributed by atoms with Crippen molar-refractivity contribution in [2.24, 2.45) is 0 Å². The molecule has 2 unspecified atom stereocenters. The predicted octanol–water partition coefficient (Wildman–Crippen LogP) is 5.46. The summed E-state index contributed by atoms with van der Waals surface area (Å²) in [5.74, 6) is -0.315. The Hall–Kier alpha value is -3.30. The van der Waals surface area contributed by atoms with Crippen LogP contribution in [0.15, 0.2) is 49.1 Å². The van der Waals surface area contributed by atoms with E-state index in [4.69, 9.17) is 13.9 Å². The Morgan fingerprint density at radius 3 is 2.51 bits per heavy atom. The van der Waals surface area contributed by atoms with Gasteiger partial charge < -0.3 is 23.9 Å². The second-order valence-electron chi connectivity index (χ2n) is 11.0. The summed E-state index contributed by atoms with van der Waals surface area (Å²) in [7, 11) is -1.05. The van der Waals surface area contributed by atoms with Gasteiger partial charge in [-0.2, -0.15) is 0 Å². The molecule has 2 heterocycles. The van der Waals surface area contributed by atoms with Crippen LogP contribution in [0.3, 0.4) is 0 Å². The molecule has 0 saturated heterocycles. The molecule has 9 heteroatoms. The van der Waals surface area contributed by atoms with Gasteiger partial charge in [0.2, 0.25) is 0 Å². The zero-order valence-electron chi connectivity index (χ0n) is 22.4. The van der Waals surface area contributed by atoms with Gasteiger partial charge in [0.05, 0.1) is 24.4 Å². The van der Waals surface area contributed by atoms with Crippen LogP contribution in [0.5, 0.6) is 11.5 Å². The lowest BCUT2D eigenvalue weighted by molar-refractivity contribution is 0.0338. The lowest BCUT2D eigenvalue weighted by Crippen LogP contribution is -2.60. The number of hydrogen-bond acceptors (Lipinski definition) is 6. The van der Waals surface area contributed by atoms with Crippen LogP contribution in [0.2, 0.25) is 18.1 Å². The summed E-state index contributed by atoms with van der Waals surface area (Å²) in [5, 5.41) is 10.5. The molecule has 0 bridgehead atoms. The first-order valence-corrected chi connectivity index (χ1v) is 15.3. The Balaban J connectivity index is 1.97. The van der Waals surface area contributed by atoms with Crippen molar-refractivity contribution in [2.45, 2.75) is 64.1 Å². The average Bonchev–Trinajstić information content (AvgIpc) is 2.93. The number of anilines is 1. The maximum atomic E-state index is 14.1. The number of methoxy groups -OCH3 is 1. The molecule has 4 rings (SSSR count). The zero-order chi connectivity index (χ0) is 27.1. The Morgan fingerprint density at radius 2 is 1.89 bits per heavy atom. The SMILES string of the molecule is C=CCOC(=O)N1c2cc(O)c(OC)cc2C(=O)N2Cc3ccccc3CC2C1O[Si](C)(C)C(C)(C)C. The van der Waals surface area contributed by atoms with Crippen LogP contribution in [-0.2, 0) is 22.1 Å². The molecule has 0 radical (unpaired) electrons. The summed E-state index contributed by atoms with van der Waals surface area (Å²) in [6.45, 7) is 14.6. The van der Waals surface area contributed by atoms with E-state index in [-0.39, 0.29) is 40.3 Å². The molecule has 1 N–H and O–H groups in total. The molecule has 37 heavy (non-hydrogen) atoms. The van der Waals surface area contributed by atoms with Crippen molar-refractivity contribution < 1.29 is 28.6 Å². The maximum absolute atomic E-state index is 14.1. The second kappa shape index (κ2) is 9.87. The molecule has 0 fully saturated rings. The van der Waals surface area contributed by atoms with E-state index in [0.29, 0.717) is 13.0 Å². The van der Waals surface area contributed by atoms with Crippen molar-refractivity contribution in [3.63, 3.8) is 0 Å². The molecule has 0 spiro atoms. The Bertz CT molecular complexity index is 1220. The highest BCUT2D eigenvalue weighted by Gasteiger charge is 2.50. The lowest BCUT2D eigenvalue weighted by atomic mass is 9.93. The summed E-state index contributed by atoms with van der Waals surface area (Å²) in [4.78, 5) is 30.9. The molecule has 198 valence electrons. The highest BCUT2D eigenvalue weighted by Crippen LogP contribution is 2.44. The fraction of sp³-hybridized carbons (Fsp3) is 0.429. The van der Waals surface area contributed by atoms with Crippen molar-refractivity contribution in [1.29, 1.82) is 0 Å². The molecule has 2 aromatic rings. The number of ether oxygens (including phenoxy) is 2. The molecule has 0 aliphatic carbocycles. The number of fused-ring (bicyclic) bond motifs is 3. The molecule has 2 aromatic carbocycles. The maximum Gasteiger partial charge on any atom is 0.416 e. The van der Waals surface area contributed by atoms with Gasteiger partial charge in [0.15, 0.2) is 26.0 Å². The Kier molecular flexibility index (Phi) is 7.13. The minimum atomic E-state index is -2.47. The number of amides is 2. The van der Waals surface area contributed by atoms with Gasteiger partial charge in [0.25, 0.3) is 5.91 Å². The third-order valence-electron chi connectivity index (χ3n) is 7.66. The summed E-state index contributed by atoms with van der Waals surface area (Å²) >= 11 is 0. The van der Waals surface area contributed by atoms with Crippen LogP contribution in [0.4, 0.5) is 10.5 Å². The quantitative estimate of drug-likeness (QED) is 0.413. The van der Waals surface area contributed by atoms with E-state index >= 15 is 0 Å². The van der Waals surface area contributed by atoms with Crippen LogP contribution in [0.1, 0.15) is 42.3 Å². The summed E-state index contributed by atoms with van der Waals surface area (Å²) in [6, 6.07) is 10.4. The van der Waals surface area contributed by atoms with Crippen LogP contribution in [0.25, 0.3) is 0 Å². The van der Waals surface area contributed by atoms with Crippen molar-refractivity contribution in [3.05, 3.63) is 65.7 Å². The van der Waals surface area contributed by atoms with Crippen LogP contribution in [-0.4, -0.2) is 56.3 Å². The van der Waals surface area contributed by atoms with Gasteiger partial charge in [-0.1, -0.05) is 57.7 Å². The van der Waals surface area contributed by atoms with Gasteiger partial charge in [-0.15, -0.1) is 0 Å². The topological polar surface area (TPSA) is 88.5 Å². The molecule has 0 saturated carbocycles. The van der Waals surface area contributed by atoms with Gasteiger partial charge in [0.1, 0.15) is 6.61 Å². The highest BCUT2D eigenvalue weighted by atomic mass is 28.4. The zero-order valence-corrected chi connectivity index (χ0v) is 23.4. The largest absolute Gasteiger partial charge is 0.504 e. The van der Waals surface area contributed by atoms with E-state index in [1.54, 1.807) is 4.90 Å². The number of hydrogen-bond donors (Lipinski definition) is 1. The fourth-order valence-corrected chi connectivity index (χ4v) is 5.81. The molecular weight excluding hydrogens is 488 g/mol. The van der Waals surface area contributed by atoms with Gasteiger partial charge in [-0.25, -0.2) is 9.69 Å². The van der Waals surface area contributed by atoms with E-state index in [0.717, 1.165) is 11.1 Å². The first kappa shape index (κ1) is 26.8. The van der Waals surface area contributed by atoms with Gasteiger partial charge in [0, 0.05) is 12.6 Å². The number of rotatable bonds is 5. The minimum absolute atomic E-state index is 0.00915. The van der Waals surface area contributed by atoms with E-state index in [9.17, 15) is 14.7 Å². The first-order valence-electron chi connectivity index (χ1n) is 12.4. The third-order valence-corrected chi connectivity index (χ3v) is 12.1. The van der Waals surface area contributed by atoms with Crippen molar-refractivity contribution in [1.82, 2.24) is 4.90 Å². The summed E-state index contributed by atoms with van der Waals surface area (Å²) in [5.41, 5.74) is 2.61.